The van der Waals surface area contributed by atoms with E-state index >= 15 is 0 Å². The second kappa shape index (κ2) is 11.1. The smallest absolute Gasteiger partial charge is 0.0897 e. The lowest BCUT2D eigenvalue weighted by Crippen LogP contribution is -2.29. The third kappa shape index (κ3) is 5.68. The predicted molar refractivity (Wildman–Crippen MR) is 127 cm³/mol. The van der Waals surface area contributed by atoms with Crippen molar-refractivity contribution in [3.63, 3.8) is 0 Å². The molecule has 3 saturated carbocycles. The molecule has 3 aliphatic carbocycles. The number of hydrogen-bond acceptors (Lipinski definition) is 0. The second-order valence-corrected chi connectivity index (χ2v) is 11.0. The largest absolute Gasteiger partial charge is 0.251 e. The molecule has 0 amide bonds. The number of alkyl halides is 1. The molecule has 30 heavy (non-hydrogen) atoms. The molecule has 0 nitrogen and oxygen atoms in total. The van der Waals surface area contributed by atoms with Crippen LogP contribution in [0.3, 0.4) is 0 Å². The zero-order valence-corrected chi connectivity index (χ0v) is 19.5. The molecule has 3 aliphatic rings. The lowest BCUT2D eigenvalue weighted by atomic mass is 9.64. The van der Waals surface area contributed by atoms with Crippen LogP contribution in [0.15, 0.2) is 24.3 Å². The molecule has 1 aromatic rings. The standard InChI is InChI=1S/C29H45F/c1-2-22-5-9-24(10-6-22)26-13-17-28(18-14-26)29-19-15-27(16-20-29)25-11-7-23(8-12-25)4-3-21-30/h7-8,11-12,22,24,26-29H,2-6,9-10,13-21H2,1H3/t22-,24-,26?,27?,28?,29?. The van der Waals surface area contributed by atoms with E-state index in [0.717, 1.165) is 41.9 Å². The fourth-order valence-electron chi connectivity index (χ4n) is 7.31. The average Bonchev–Trinajstić information content (AvgIpc) is 2.83. The van der Waals surface area contributed by atoms with Crippen molar-refractivity contribution in [2.24, 2.45) is 29.6 Å². The summed E-state index contributed by atoms with van der Waals surface area (Å²) in [5.74, 6) is 5.96. The van der Waals surface area contributed by atoms with Crippen LogP contribution in [0.25, 0.3) is 0 Å². The van der Waals surface area contributed by atoms with Gasteiger partial charge in [0, 0.05) is 0 Å². The number of rotatable bonds is 7. The summed E-state index contributed by atoms with van der Waals surface area (Å²) in [6.07, 6.45) is 20.8. The molecule has 4 rings (SSSR count). The van der Waals surface area contributed by atoms with E-state index in [2.05, 4.69) is 31.2 Å². The quantitative estimate of drug-likeness (QED) is 0.419. The van der Waals surface area contributed by atoms with E-state index in [4.69, 9.17) is 0 Å². The van der Waals surface area contributed by atoms with Crippen LogP contribution >= 0.6 is 0 Å². The van der Waals surface area contributed by atoms with Gasteiger partial charge in [-0.3, -0.25) is 4.39 Å². The van der Waals surface area contributed by atoms with Gasteiger partial charge < -0.3 is 0 Å². The highest BCUT2D eigenvalue weighted by molar-refractivity contribution is 5.26. The van der Waals surface area contributed by atoms with Crippen molar-refractivity contribution in [2.75, 3.05) is 6.67 Å². The highest BCUT2D eigenvalue weighted by atomic mass is 19.1. The monoisotopic (exact) mass is 412 g/mol. The average molecular weight is 413 g/mol. The first-order chi connectivity index (χ1) is 14.8. The summed E-state index contributed by atoms with van der Waals surface area (Å²) >= 11 is 0. The summed E-state index contributed by atoms with van der Waals surface area (Å²) in [6, 6.07) is 9.15. The van der Waals surface area contributed by atoms with Crippen LogP contribution < -0.4 is 0 Å². The summed E-state index contributed by atoms with van der Waals surface area (Å²) in [5.41, 5.74) is 2.83. The topological polar surface area (TPSA) is 0 Å². The van der Waals surface area contributed by atoms with Gasteiger partial charge in [0.2, 0.25) is 0 Å². The molecule has 0 bridgehead atoms. The van der Waals surface area contributed by atoms with Gasteiger partial charge in [-0.2, -0.15) is 0 Å². The van der Waals surface area contributed by atoms with Gasteiger partial charge in [-0.05, 0) is 124 Å². The molecule has 0 atom stereocenters. The van der Waals surface area contributed by atoms with Crippen LogP contribution in [0.1, 0.15) is 114 Å². The van der Waals surface area contributed by atoms with Gasteiger partial charge in [0.25, 0.3) is 0 Å². The fraction of sp³-hybridized carbons (Fsp3) is 0.793. The lowest BCUT2D eigenvalue weighted by Gasteiger charge is -2.41. The first kappa shape index (κ1) is 22.3. The van der Waals surface area contributed by atoms with E-state index in [1.54, 1.807) is 0 Å². The van der Waals surface area contributed by atoms with Gasteiger partial charge in [-0.25, -0.2) is 0 Å². The number of halogens is 1. The highest BCUT2D eigenvalue weighted by Crippen LogP contribution is 2.47. The van der Waals surface area contributed by atoms with Crippen molar-refractivity contribution in [1.29, 1.82) is 0 Å². The van der Waals surface area contributed by atoms with E-state index in [9.17, 15) is 4.39 Å². The molecule has 1 heteroatoms. The zero-order chi connectivity index (χ0) is 20.8. The molecule has 0 aliphatic heterocycles. The molecule has 0 spiro atoms. The minimum Gasteiger partial charge on any atom is -0.251 e. The van der Waals surface area contributed by atoms with Gasteiger partial charge in [0.1, 0.15) is 0 Å². The van der Waals surface area contributed by atoms with Gasteiger partial charge in [0.15, 0.2) is 0 Å². The summed E-state index contributed by atoms with van der Waals surface area (Å²) in [6.45, 7) is 2.18. The third-order valence-corrected chi connectivity index (χ3v) is 9.44. The molecule has 0 radical (unpaired) electrons. The molecular weight excluding hydrogens is 367 g/mol. The van der Waals surface area contributed by atoms with E-state index < -0.39 is 0 Å². The van der Waals surface area contributed by atoms with E-state index in [0.29, 0.717) is 6.42 Å². The first-order valence-electron chi connectivity index (χ1n) is 13.4. The highest BCUT2D eigenvalue weighted by Gasteiger charge is 2.34. The van der Waals surface area contributed by atoms with Crippen molar-refractivity contribution < 1.29 is 4.39 Å². The van der Waals surface area contributed by atoms with E-state index in [1.807, 2.05) is 0 Å². The van der Waals surface area contributed by atoms with E-state index in [1.165, 1.54) is 94.6 Å². The van der Waals surface area contributed by atoms with Crippen molar-refractivity contribution in [1.82, 2.24) is 0 Å². The Hall–Kier alpha value is -0.850. The molecule has 0 heterocycles. The van der Waals surface area contributed by atoms with Crippen LogP contribution in [0.5, 0.6) is 0 Å². The maximum atomic E-state index is 12.4. The number of benzene rings is 1. The summed E-state index contributed by atoms with van der Waals surface area (Å²) in [5, 5.41) is 0. The summed E-state index contributed by atoms with van der Waals surface area (Å²) < 4.78 is 12.4. The van der Waals surface area contributed by atoms with E-state index in [-0.39, 0.29) is 6.67 Å². The maximum Gasteiger partial charge on any atom is 0.0897 e. The van der Waals surface area contributed by atoms with Crippen molar-refractivity contribution in [2.45, 2.75) is 109 Å². The Bertz CT molecular complexity index is 596. The minimum absolute atomic E-state index is 0.201. The van der Waals surface area contributed by atoms with Crippen LogP contribution in [0.4, 0.5) is 4.39 Å². The number of hydrogen-bond donors (Lipinski definition) is 0. The van der Waals surface area contributed by atoms with Crippen molar-refractivity contribution in [3.8, 4) is 0 Å². The minimum atomic E-state index is -0.201. The molecule has 0 saturated heterocycles. The van der Waals surface area contributed by atoms with Crippen LogP contribution in [0, 0.1) is 29.6 Å². The predicted octanol–water partition coefficient (Wildman–Crippen LogP) is 8.89. The lowest BCUT2D eigenvalue weighted by molar-refractivity contribution is 0.109. The van der Waals surface area contributed by atoms with Crippen molar-refractivity contribution >= 4 is 0 Å². The van der Waals surface area contributed by atoms with Gasteiger partial charge in [-0.1, -0.05) is 50.5 Å². The van der Waals surface area contributed by atoms with Gasteiger partial charge >= 0.3 is 0 Å². The Labute approximate surface area is 185 Å². The van der Waals surface area contributed by atoms with Crippen LogP contribution in [-0.4, -0.2) is 6.67 Å². The molecule has 168 valence electrons. The SMILES string of the molecule is CC[C@H]1CC[C@H](C2CCC(C3CCC(c4ccc(CCCF)cc4)CC3)CC2)CC1. The van der Waals surface area contributed by atoms with Crippen LogP contribution in [0.2, 0.25) is 0 Å². The van der Waals surface area contributed by atoms with Crippen LogP contribution in [-0.2, 0) is 6.42 Å². The van der Waals surface area contributed by atoms with Crippen molar-refractivity contribution in [3.05, 3.63) is 35.4 Å². The number of aryl methyl sites for hydroxylation is 1. The molecular formula is C29H45F. The Balaban J connectivity index is 1.19. The Morgan fingerprint density at radius 1 is 0.667 bits per heavy atom. The Morgan fingerprint density at radius 2 is 1.13 bits per heavy atom. The van der Waals surface area contributed by atoms with Gasteiger partial charge in [0.05, 0.1) is 6.67 Å². The zero-order valence-electron chi connectivity index (χ0n) is 19.5. The van der Waals surface area contributed by atoms with Gasteiger partial charge in [-0.15, -0.1) is 0 Å². The molecule has 0 unspecified atom stereocenters. The Morgan fingerprint density at radius 3 is 1.60 bits per heavy atom. The third-order valence-electron chi connectivity index (χ3n) is 9.44. The normalized spacial score (nSPS) is 35.3. The fourth-order valence-corrected chi connectivity index (χ4v) is 7.31. The molecule has 0 N–H and O–H groups in total. The Kier molecular flexibility index (Phi) is 8.30. The summed E-state index contributed by atoms with van der Waals surface area (Å²) in [7, 11) is 0. The molecule has 1 aromatic carbocycles. The maximum absolute atomic E-state index is 12.4. The molecule has 3 fully saturated rings. The second-order valence-electron chi connectivity index (χ2n) is 11.0. The first-order valence-corrected chi connectivity index (χ1v) is 13.4. The molecule has 0 aromatic heterocycles. The summed E-state index contributed by atoms with van der Waals surface area (Å²) in [4.78, 5) is 0.